The van der Waals surface area contributed by atoms with E-state index in [-0.39, 0.29) is 36.7 Å². The molecule has 1 fully saturated rings. The predicted molar refractivity (Wildman–Crippen MR) is 166 cm³/mol. The van der Waals surface area contributed by atoms with Gasteiger partial charge in [0.05, 0.1) is 17.2 Å². The summed E-state index contributed by atoms with van der Waals surface area (Å²) < 4.78 is 0. The molecule has 0 radical (unpaired) electrons. The maximum atomic E-state index is 12.8. The number of hydrogen-bond acceptors (Lipinski definition) is 5. The average molecular weight is 595 g/mol. The number of anilines is 3. The summed E-state index contributed by atoms with van der Waals surface area (Å²) in [5.74, 6) is -2.33. The lowest BCUT2D eigenvalue weighted by Gasteiger charge is -2.18. The fourth-order valence-corrected chi connectivity index (χ4v) is 6.45. The number of carboxylic acids is 1. The third-order valence-corrected chi connectivity index (χ3v) is 8.84. The molecule has 3 N–H and O–H groups in total. The van der Waals surface area contributed by atoms with Gasteiger partial charge in [-0.25, -0.2) is 4.79 Å². The number of fused-ring (bicyclic) bond motifs is 1. The van der Waals surface area contributed by atoms with Gasteiger partial charge in [-0.3, -0.25) is 19.3 Å². The number of amides is 4. The number of rotatable bonds is 7. The second-order valence-corrected chi connectivity index (χ2v) is 11.7. The van der Waals surface area contributed by atoms with Crippen LogP contribution in [0.3, 0.4) is 0 Å². The second kappa shape index (κ2) is 12.1. The van der Waals surface area contributed by atoms with Crippen LogP contribution in [0.2, 0.25) is 0 Å². The zero-order chi connectivity index (χ0) is 29.9. The van der Waals surface area contributed by atoms with Gasteiger partial charge >= 0.3 is 12.0 Å². The van der Waals surface area contributed by atoms with E-state index in [1.165, 1.54) is 11.3 Å². The van der Waals surface area contributed by atoms with Gasteiger partial charge in [-0.15, -0.1) is 11.3 Å². The number of nitrogens with zero attached hydrogens (tertiary/aromatic N) is 2. The van der Waals surface area contributed by atoms with Crippen LogP contribution in [0.1, 0.15) is 32.3 Å². The first kappa shape index (κ1) is 28.2. The van der Waals surface area contributed by atoms with E-state index in [0.717, 1.165) is 28.8 Å². The van der Waals surface area contributed by atoms with Crippen molar-refractivity contribution in [3.63, 3.8) is 0 Å². The van der Waals surface area contributed by atoms with Crippen LogP contribution in [-0.2, 0) is 22.4 Å². The Morgan fingerprint density at radius 1 is 0.837 bits per heavy atom. The Morgan fingerprint density at radius 2 is 1.56 bits per heavy atom. The predicted octanol–water partition coefficient (Wildman–Crippen LogP) is 5.46. The SMILES string of the molecule is O=C(Cc1ccc(NC(=O)N2CCc3ccccc32)cc1)Nc1ccc(C2CN(C(=O)c3cccs3)CC2C(=O)O)cc1. The summed E-state index contributed by atoms with van der Waals surface area (Å²) in [7, 11) is 0. The number of benzene rings is 3. The van der Waals surface area contributed by atoms with Gasteiger partial charge in [0.15, 0.2) is 0 Å². The van der Waals surface area contributed by atoms with Crippen molar-refractivity contribution >= 4 is 52.2 Å². The molecule has 2 unspecified atom stereocenters. The smallest absolute Gasteiger partial charge is 0.326 e. The number of carboxylic acid groups (broad SMARTS) is 1. The van der Waals surface area contributed by atoms with Crippen molar-refractivity contribution in [1.82, 2.24) is 4.90 Å². The maximum Gasteiger partial charge on any atom is 0.326 e. The molecule has 1 saturated heterocycles. The van der Waals surface area contributed by atoms with E-state index in [0.29, 0.717) is 29.3 Å². The molecule has 0 aliphatic carbocycles. The third-order valence-electron chi connectivity index (χ3n) is 7.98. The van der Waals surface area contributed by atoms with Crippen molar-refractivity contribution in [2.75, 3.05) is 35.2 Å². The van der Waals surface area contributed by atoms with E-state index < -0.39 is 11.9 Å². The van der Waals surface area contributed by atoms with E-state index >= 15 is 0 Å². The molecule has 4 aromatic rings. The molecule has 10 heteroatoms. The van der Waals surface area contributed by atoms with Crippen LogP contribution < -0.4 is 15.5 Å². The second-order valence-electron chi connectivity index (χ2n) is 10.7. The Balaban J connectivity index is 1.03. The quantitative estimate of drug-likeness (QED) is 0.262. The standard InChI is InChI=1S/C33H30N4O5S/c38-30(18-21-7-11-25(12-8-21)35-33(42)37-16-15-23-4-1-2-5-28(23)37)34-24-13-9-22(10-14-24)26-19-36(20-27(26)32(40)41)31(39)29-6-3-17-43-29/h1-14,17,26-27H,15-16,18-20H2,(H,34,38)(H,35,42)(H,40,41). The van der Waals surface area contributed by atoms with E-state index in [4.69, 9.17) is 0 Å². The molecule has 4 amide bonds. The first-order valence-electron chi connectivity index (χ1n) is 14.1. The first-order valence-corrected chi connectivity index (χ1v) is 14.9. The molecule has 0 saturated carbocycles. The topological polar surface area (TPSA) is 119 Å². The Bertz CT molecular complexity index is 1650. The van der Waals surface area contributed by atoms with Crippen molar-refractivity contribution in [1.29, 1.82) is 0 Å². The summed E-state index contributed by atoms with van der Waals surface area (Å²) >= 11 is 1.34. The zero-order valence-corrected chi connectivity index (χ0v) is 24.0. The van der Waals surface area contributed by atoms with E-state index in [9.17, 15) is 24.3 Å². The van der Waals surface area contributed by atoms with Gasteiger partial charge in [0.25, 0.3) is 5.91 Å². The number of carbonyl (C=O) groups excluding carboxylic acids is 3. The Labute approximate surface area is 252 Å². The molecule has 1 aromatic heterocycles. The fraction of sp³-hybridized carbons (Fsp3) is 0.212. The summed E-state index contributed by atoms with van der Waals surface area (Å²) in [4.78, 5) is 54.3. The molecule has 2 aliphatic heterocycles. The molecule has 0 spiro atoms. The summed E-state index contributed by atoms with van der Waals surface area (Å²) in [6.45, 7) is 1.12. The van der Waals surface area contributed by atoms with Gasteiger partial charge in [-0.1, -0.05) is 48.5 Å². The molecule has 9 nitrogen and oxygen atoms in total. The largest absolute Gasteiger partial charge is 0.481 e. The summed E-state index contributed by atoms with van der Waals surface area (Å²) in [5, 5.41) is 17.5. The number of thiophene rings is 1. The van der Waals surface area contributed by atoms with Crippen molar-refractivity contribution in [2.24, 2.45) is 5.92 Å². The minimum atomic E-state index is -0.934. The summed E-state index contributed by atoms with van der Waals surface area (Å²) in [6.07, 6.45) is 0.985. The van der Waals surface area contributed by atoms with E-state index in [1.54, 1.807) is 46.2 Å². The van der Waals surface area contributed by atoms with Gasteiger partial charge in [0, 0.05) is 42.6 Å². The highest BCUT2D eigenvalue weighted by Crippen LogP contribution is 2.35. The van der Waals surface area contributed by atoms with Crippen LogP contribution in [0.5, 0.6) is 0 Å². The van der Waals surface area contributed by atoms with Gasteiger partial charge in [-0.05, 0) is 64.9 Å². The van der Waals surface area contributed by atoms with E-state index in [2.05, 4.69) is 10.6 Å². The number of para-hydroxylation sites is 1. The lowest BCUT2D eigenvalue weighted by molar-refractivity contribution is -0.141. The van der Waals surface area contributed by atoms with Gasteiger partial charge < -0.3 is 20.6 Å². The monoisotopic (exact) mass is 594 g/mol. The van der Waals surface area contributed by atoms with Crippen LogP contribution in [0.25, 0.3) is 0 Å². The summed E-state index contributed by atoms with van der Waals surface area (Å²) in [6, 6.07) is 25.6. The Morgan fingerprint density at radius 3 is 2.28 bits per heavy atom. The highest BCUT2D eigenvalue weighted by molar-refractivity contribution is 7.12. The van der Waals surface area contributed by atoms with Crippen molar-refractivity contribution in [2.45, 2.75) is 18.8 Å². The third kappa shape index (κ3) is 6.14. The average Bonchev–Trinajstić information content (AvgIpc) is 3.78. The van der Waals surface area contributed by atoms with Crippen LogP contribution in [0, 0.1) is 5.92 Å². The molecule has 0 bridgehead atoms. The highest BCUT2D eigenvalue weighted by atomic mass is 32.1. The lowest BCUT2D eigenvalue weighted by atomic mass is 9.89. The number of carbonyl (C=O) groups is 4. The van der Waals surface area contributed by atoms with Crippen molar-refractivity contribution < 1.29 is 24.3 Å². The Kier molecular flexibility index (Phi) is 7.93. The van der Waals surface area contributed by atoms with Crippen LogP contribution in [-0.4, -0.2) is 53.5 Å². The van der Waals surface area contributed by atoms with Gasteiger partial charge in [0.2, 0.25) is 5.91 Å². The summed E-state index contributed by atoms with van der Waals surface area (Å²) in [5.41, 5.74) is 4.93. The molecule has 2 aliphatic rings. The minimum absolute atomic E-state index is 0.152. The number of nitrogens with one attached hydrogen (secondary N) is 2. The van der Waals surface area contributed by atoms with Crippen LogP contribution in [0.4, 0.5) is 21.9 Å². The molecule has 3 aromatic carbocycles. The molecular formula is C33H30N4O5S. The molecule has 2 atom stereocenters. The van der Waals surface area contributed by atoms with E-state index in [1.807, 2.05) is 53.9 Å². The van der Waals surface area contributed by atoms with Crippen molar-refractivity contribution in [3.05, 3.63) is 112 Å². The molecule has 218 valence electrons. The van der Waals surface area contributed by atoms with Gasteiger partial charge in [-0.2, -0.15) is 0 Å². The van der Waals surface area contributed by atoms with Crippen molar-refractivity contribution in [3.8, 4) is 0 Å². The molecule has 6 rings (SSSR count). The fourth-order valence-electron chi connectivity index (χ4n) is 5.76. The normalized spacial score (nSPS) is 17.4. The number of aliphatic carboxylic acids is 1. The number of likely N-dealkylation sites (tertiary alicyclic amines) is 1. The molecular weight excluding hydrogens is 564 g/mol. The van der Waals surface area contributed by atoms with Crippen LogP contribution in [0.15, 0.2) is 90.3 Å². The molecule has 3 heterocycles. The van der Waals surface area contributed by atoms with Crippen LogP contribution >= 0.6 is 11.3 Å². The Hall–Kier alpha value is -4.96. The maximum absolute atomic E-state index is 12.8. The van der Waals surface area contributed by atoms with Gasteiger partial charge in [0.1, 0.15) is 0 Å². The number of hydrogen-bond donors (Lipinski definition) is 3. The minimum Gasteiger partial charge on any atom is -0.481 e. The highest BCUT2D eigenvalue weighted by Gasteiger charge is 2.40. The number of urea groups is 1. The zero-order valence-electron chi connectivity index (χ0n) is 23.2. The molecule has 43 heavy (non-hydrogen) atoms. The lowest BCUT2D eigenvalue weighted by Crippen LogP contribution is -2.33. The first-order chi connectivity index (χ1) is 20.9.